The average Bonchev–Trinajstić information content (AvgIpc) is 3.36. The maximum Gasteiger partial charge on any atom is 0.165 e. The number of rotatable bonds is 7. The third kappa shape index (κ3) is 4.11. The van der Waals surface area contributed by atoms with Gasteiger partial charge in [0, 0.05) is 36.5 Å². The molecule has 0 unspecified atom stereocenters. The quantitative estimate of drug-likeness (QED) is 0.631. The van der Waals surface area contributed by atoms with Gasteiger partial charge in [0.2, 0.25) is 0 Å². The number of halogens is 1. The second kappa shape index (κ2) is 8.98. The van der Waals surface area contributed by atoms with Crippen molar-refractivity contribution in [3.8, 4) is 22.7 Å². The van der Waals surface area contributed by atoms with Crippen LogP contribution in [0.1, 0.15) is 30.4 Å². The van der Waals surface area contributed by atoms with Crippen LogP contribution in [0.25, 0.3) is 16.9 Å². The molecule has 2 heterocycles. The van der Waals surface area contributed by atoms with E-state index in [1.807, 2.05) is 35.1 Å². The molecule has 3 aromatic rings. The molecule has 2 aromatic carbocycles. The number of nitrogens with zero attached hydrogens (tertiary/aromatic N) is 3. The number of aliphatic hydroxyl groups is 1. The SMILES string of the molecule is COc1ccc(-c2nn(-c3ccccc3C)cc2CN2CCC[C@H]2CCO)cc1F. The maximum absolute atomic E-state index is 14.4. The lowest BCUT2D eigenvalue weighted by Gasteiger charge is -2.23. The van der Waals surface area contributed by atoms with E-state index < -0.39 is 5.82 Å². The van der Waals surface area contributed by atoms with Gasteiger partial charge in [-0.1, -0.05) is 18.2 Å². The minimum atomic E-state index is -0.397. The molecule has 0 aliphatic carbocycles. The number of aliphatic hydroxyl groups excluding tert-OH is 1. The first-order valence-electron chi connectivity index (χ1n) is 10.4. The normalized spacial score (nSPS) is 16.9. The van der Waals surface area contributed by atoms with Crippen LogP contribution in [0, 0.1) is 12.7 Å². The molecule has 1 aromatic heterocycles. The summed E-state index contributed by atoms with van der Waals surface area (Å²) >= 11 is 0. The summed E-state index contributed by atoms with van der Waals surface area (Å²) in [5, 5.41) is 14.3. The first kappa shape index (κ1) is 20.6. The fraction of sp³-hybridized carbons (Fsp3) is 0.375. The Hall–Kier alpha value is -2.70. The van der Waals surface area contributed by atoms with Crippen molar-refractivity contribution in [3.05, 3.63) is 65.6 Å². The number of aromatic nitrogens is 2. The minimum absolute atomic E-state index is 0.195. The summed E-state index contributed by atoms with van der Waals surface area (Å²) in [6, 6.07) is 13.5. The summed E-state index contributed by atoms with van der Waals surface area (Å²) in [6.45, 7) is 3.97. The number of methoxy groups -OCH3 is 1. The third-order valence-corrected chi connectivity index (χ3v) is 5.91. The monoisotopic (exact) mass is 409 g/mol. The van der Waals surface area contributed by atoms with Gasteiger partial charge >= 0.3 is 0 Å². The van der Waals surface area contributed by atoms with Crippen LogP contribution in [0.2, 0.25) is 0 Å². The fourth-order valence-corrected chi connectivity index (χ4v) is 4.32. The van der Waals surface area contributed by atoms with Gasteiger partial charge in [-0.15, -0.1) is 0 Å². The fourth-order valence-electron chi connectivity index (χ4n) is 4.32. The van der Waals surface area contributed by atoms with Gasteiger partial charge in [-0.2, -0.15) is 5.10 Å². The Labute approximate surface area is 176 Å². The van der Waals surface area contributed by atoms with Crippen molar-refractivity contribution in [2.45, 2.75) is 38.8 Å². The molecule has 1 fully saturated rings. The summed E-state index contributed by atoms with van der Waals surface area (Å²) in [5.74, 6) is -0.174. The van der Waals surface area contributed by atoms with Gasteiger partial charge in [-0.3, -0.25) is 4.90 Å². The predicted molar refractivity (Wildman–Crippen MR) is 115 cm³/mol. The van der Waals surface area contributed by atoms with Gasteiger partial charge < -0.3 is 9.84 Å². The van der Waals surface area contributed by atoms with Crippen molar-refractivity contribution >= 4 is 0 Å². The van der Waals surface area contributed by atoms with E-state index in [4.69, 9.17) is 9.84 Å². The maximum atomic E-state index is 14.4. The molecule has 30 heavy (non-hydrogen) atoms. The van der Waals surface area contributed by atoms with Gasteiger partial charge in [0.15, 0.2) is 11.6 Å². The Bertz CT molecular complexity index is 1020. The van der Waals surface area contributed by atoms with Gasteiger partial charge in [-0.05, 0) is 62.6 Å². The van der Waals surface area contributed by atoms with Crippen LogP contribution in [-0.2, 0) is 6.54 Å². The number of likely N-dealkylation sites (tertiary alicyclic amines) is 1. The molecule has 6 heteroatoms. The van der Waals surface area contributed by atoms with Gasteiger partial charge in [0.1, 0.15) is 0 Å². The Balaban J connectivity index is 1.75. The molecule has 1 aliphatic rings. The van der Waals surface area contributed by atoms with Crippen LogP contribution in [-0.4, -0.2) is 46.1 Å². The van der Waals surface area contributed by atoms with E-state index in [0.717, 1.165) is 60.4 Å². The summed E-state index contributed by atoms with van der Waals surface area (Å²) in [6.07, 6.45) is 5.05. The van der Waals surface area contributed by atoms with Crippen LogP contribution < -0.4 is 4.74 Å². The molecule has 1 aliphatic heterocycles. The largest absolute Gasteiger partial charge is 0.494 e. The van der Waals surface area contributed by atoms with Crippen LogP contribution in [0.3, 0.4) is 0 Å². The molecular formula is C24H28FN3O2. The van der Waals surface area contributed by atoms with Crippen LogP contribution in [0.5, 0.6) is 5.75 Å². The molecule has 0 saturated carbocycles. The van der Waals surface area contributed by atoms with E-state index in [2.05, 4.69) is 17.9 Å². The molecule has 5 nitrogen and oxygen atoms in total. The zero-order valence-electron chi connectivity index (χ0n) is 17.5. The number of aryl methyl sites for hydroxylation is 1. The topological polar surface area (TPSA) is 50.5 Å². The lowest BCUT2D eigenvalue weighted by Crippen LogP contribution is -2.29. The van der Waals surface area contributed by atoms with Crippen molar-refractivity contribution in [1.29, 1.82) is 0 Å². The Morgan fingerprint density at radius 1 is 1.23 bits per heavy atom. The van der Waals surface area contributed by atoms with E-state index in [-0.39, 0.29) is 12.4 Å². The number of hydrogen-bond acceptors (Lipinski definition) is 4. The number of ether oxygens (including phenoxy) is 1. The second-order valence-electron chi connectivity index (χ2n) is 7.86. The molecule has 158 valence electrons. The highest BCUT2D eigenvalue weighted by Gasteiger charge is 2.26. The van der Waals surface area contributed by atoms with Crippen LogP contribution >= 0.6 is 0 Å². The van der Waals surface area contributed by atoms with Crippen molar-refractivity contribution in [1.82, 2.24) is 14.7 Å². The van der Waals surface area contributed by atoms with Crippen molar-refractivity contribution in [2.75, 3.05) is 20.3 Å². The standard InChI is InChI=1S/C24H28FN3O2/c1-17-6-3-4-8-22(17)28-16-19(15-27-12-5-7-20(27)11-13-29)24(26-28)18-9-10-23(30-2)21(25)14-18/h3-4,6,8-10,14,16,20,29H,5,7,11-13,15H2,1-2H3/t20-/m0/s1. The first-order valence-corrected chi connectivity index (χ1v) is 10.4. The summed E-state index contributed by atoms with van der Waals surface area (Å²) in [7, 11) is 1.46. The van der Waals surface area contributed by atoms with Gasteiger partial charge in [0.05, 0.1) is 18.5 Å². The van der Waals surface area contributed by atoms with E-state index in [9.17, 15) is 9.50 Å². The van der Waals surface area contributed by atoms with Gasteiger partial charge in [-0.25, -0.2) is 9.07 Å². The van der Waals surface area contributed by atoms with Crippen molar-refractivity contribution in [2.24, 2.45) is 0 Å². The summed E-state index contributed by atoms with van der Waals surface area (Å²) in [4.78, 5) is 2.40. The lowest BCUT2D eigenvalue weighted by molar-refractivity contribution is 0.190. The number of hydrogen-bond donors (Lipinski definition) is 1. The first-order chi connectivity index (χ1) is 14.6. The van der Waals surface area contributed by atoms with E-state index in [1.165, 1.54) is 13.2 Å². The number of benzene rings is 2. The number of para-hydroxylation sites is 1. The molecule has 4 rings (SSSR count). The average molecular weight is 410 g/mol. The third-order valence-electron chi connectivity index (χ3n) is 5.91. The van der Waals surface area contributed by atoms with E-state index in [0.29, 0.717) is 6.04 Å². The minimum Gasteiger partial charge on any atom is -0.494 e. The van der Waals surface area contributed by atoms with E-state index in [1.54, 1.807) is 6.07 Å². The molecular weight excluding hydrogens is 381 g/mol. The highest BCUT2D eigenvalue weighted by atomic mass is 19.1. The highest BCUT2D eigenvalue weighted by molar-refractivity contribution is 5.64. The molecule has 1 N–H and O–H groups in total. The Kier molecular flexibility index (Phi) is 6.16. The van der Waals surface area contributed by atoms with Crippen molar-refractivity contribution < 1.29 is 14.2 Å². The Morgan fingerprint density at radius 2 is 2.07 bits per heavy atom. The van der Waals surface area contributed by atoms with Crippen molar-refractivity contribution in [3.63, 3.8) is 0 Å². The zero-order valence-corrected chi connectivity index (χ0v) is 17.5. The molecule has 0 spiro atoms. The second-order valence-corrected chi connectivity index (χ2v) is 7.86. The van der Waals surface area contributed by atoms with Crippen LogP contribution in [0.15, 0.2) is 48.7 Å². The predicted octanol–water partition coefficient (Wildman–Crippen LogP) is 4.34. The Morgan fingerprint density at radius 3 is 2.80 bits per heavy atom. The highest BCUT2D eigenvalue weighted by Crippen LogP contribution is 2.31. The van der Waals surface area contributed by atoms with Gasteiger partial charge in [0.25, 0.3) is 0 Å². The van der Waals surface area contributed by atoms with Crippen LogP contribution in [0.4, 0.5) is 4.39 Å². The molecule has 1 saturated heterocycles. The zero-order chi connectivity index (χ0) is 21.1. The molecule has 0 radical (unpaired) electrons. The molecule has 0 amide bonds. The summed E-state index contributed by atoms with van der Waals surface area (Å²) < 4.78 is 21.4. The molecule has 0 bridgehead atoms. The van der Waals surface area contributed by atoms with E-state index >= 15 is 0 Å². The lowest BCUT2D eigenvalue weighted by atomic mass is 10.1. The summed E-state index contributed by atoms with van der Waals surface area (Å²) in [5.41, 5.74) is 4.68. The molecule has 1 atom stereocenters. The smallest absolute Gasteiger partial charge is 0.165 e.